The van der Waals surface area contributed by atoms with Crippen LogP contribution in [0.2, 0.25) is 0 Å². The second-order valence-electron chi connectivity index (χ2n) is 11.3. The molecular weight excluding hydrogens is 436 g/mol. The molecule has 1 aromatic heterocycles. The number of hydrogen-bond acceptors (Lipinski definition) is 4. The van der Waals surface area contributed by atoms with E-state index in [1.165, 1.54) is 0 Å². The van der Waals surface area contributed by atoms with Crippen molar-refractivity contribution in [2.45, 2.75) is 58.3 Å². The van der Waals surface area contributed by atoms with Crippen molar-refractivity contribution in [3.05, 3.63) is 66.7 Å². The first-order valence-corrected chi connectivity index (χ1v) is 12.3. The summed E-state index contributed by atoms with van der Waals surface area (Å²) in [6, 6.07) is 23.5. The quantitative estimate of drug-likeness (QED) is 0.413. The lowest BCUT2D eigenvalue weighted by Crippen LogP contribution is -2.41. The minimum Gasteiger partial charge on any atom is -0.404 e. The van der Waals surface area contributed by atoms with Gasteiger partial charge in [0, 0.05) is 16.5 Å². The molecule has 0 atom stereocenters. The van der Waals surface area contributed by atoms with Gasteiger partial charge in [0.15, 0.2) is 0 Å². The van der Waals surface area contributed by atoms with Crippen LogP contribution in [0.4, 0.5) is 0 Å². The highest BCUT2D eigenvalue weighted by Crippen LogP contribution is 2.37. The Labute approximate surface area is 207 Å². The monoisotopic (exact) mass is 467 g/mol. The van der Waals surface area contributed by atoms with E-state index in [2.05, 4.69) is 107 Å². The fourth-order valence-corrected chi connectivity index (χ4v) is 4.98. The Balaban J connectivity index is 1.53. The highest BCUT2D eigenvalue weighted by molar-refractivity contribution is 6.63. The second kappa shape index (κ2) is 7.71. The van der Waals surface area contributed by atoms with Crippen molar-refractivity contribution < 1.29 is 18.6 Å². The Morgan fingerprint density at radius 2 is 1.20 bits per heavy atom. The molecule has 4 aromatic rings. The first-order valence-electron chi connectivity index (χ1n) is 12.3. The van der Waals surface area contributed by atoms with Crippen molar-refractivity contribution in [2.24, 2.45) is 0 Å². The lowest BCUT2D eigenvalue weighted by atomic mass is 9.77. The first kappa shape index (κ1) is 22.9. The van der Waals surface area contributed by atoms with Crippen molar-refractivity contribution in [1.82, 2.24) is 4.57 Å². The standard InChI is InChI=1S/C28H31B2NO4/c1-26(2)18-32-29(33-26)19-12-14-24-22(16-19)23-17-20(30-34-27(3,4)28(5,6)35-30)13-15-25(23)31(24)21-10-8-7-9-11-21/h7-17H,18H2,1-6H3. The molecule has 2 aliphatic rings. The van der Waals surface area contributed by atoms with E-state index in [0.29, 0.717) is 6.61 Å². The van der Waals surface area contributed by atoms with E-state index in [4.69, 9.17) is 18.6 Å². The zero-order valence-corrected chi connectivity index (χ0v) is 21.3. The molecule has 0 amide bonds. The number of benzene rings is 3. The number of rotatable bonds is 3. The van der Waals surface area contributed by atoms with Crippen molar-refractivity contribution >= 4 is 47.0 Å². The van der Waals surface area contributed by atoms with Crippen LogP contribution >= 0.6 is 0 Å². The van der Waals surface area contributed by atoms with Crippen LogP contribution in [0.25, 0.3) is 27.5 Å². The molecule has 6 rings (SSSR count). The van der Waals surface area contributed by atoms with Gasteiger partial charge in [-0.1, -0.05) is 42.5 Å². The fourth-order valence-electron chi connectivity index (χ4n) is 4.98. The number of nitrogens with zero attached hydrogens (tertiary/aromatic N) is 1. The Hall–Kier alpha value is -2.57. The summed E-state index contributed by atoms with van der Waals surface area (Å²) in [5.74, 6) is 0. The molecule has 0 spiro atoms. The number of aromatic nitrogens is 1. The average molecular weight is 467 g/mol. The molecular formula is C28H31B2NO4. The maximum absolute atomic E-state index is 6.36. The van der Waals surface area contributed by atoms with E-state index in [1.807, 2.05) is 6.07 Å². The molecule has 0 N–H and O–H groups in total. The van der Waals surface area contributed by atoms with Crippen LogP contribution in [0.1, 0.15) is 41.5 Å². The van der Waals surface area contributed by atoms with Crippen LogP contribution in [-0.2, 0) is 18.6 Å². The minimum atomic E-state index is -0.412. The maximum atomic E-state index is 6.36. The molecule has 0 radical (unpaired) electrons. The third-order valence-electron chi connectivity index (χ3n) is 7.63. The van der Waals surface area contributed by atoms with E-state index in [1.54, 1.807) is 0 Å². The fraction of sp³-hybridized carbons (Fsp3) is 0.357. The molecule has 0 bridgehead atoms. The van der Waals surface area contributed by atoms with E-state index >= 15 is 0 Å². The van der Waals surface area contributed by atoms with E-state index in [9.17, 15) is 0 Å². The Bertz CT molecular complexity index is 1410. The smallest absolute Gasteiger partial charge is 0.404 e. The number of para-hydroxylation sites is 1. The van der Waals surface area contributed by atoms with Gasteiger partial charge in [0.25, 0.3) is 0 Å². The third kappa shape index (κ3) is 3.73. The highest BCUT2D eigenvalue weighted by Gasteiger charge is 2.51. The molecule has 3 heterocycles. The molecule has 7 heteroatoms. The average Bonchev–Trinajstić information content (AvgIpc) is 3.41. The highest BCUT2D eigenvalue weighted by atomic mass is 16.7. The van der Waals surface area contributed by atoms with E-state index in [0.717, 1.165) is 38.4 Å². The van der Waals surface area contributed by atoms with Crippen LogP contribution in [-0.4, -0.2) is 42.2 Å². The van der Waals surface area contributed by atoms with Gasteiger partial charge in [0.2, 0.25) is 0 Å². The maximum Gasteiger partial charge on any atom is 0.494 e. The summed E-state index contributed by atoms with van der Waals surface area (Å²) >= 11 is 0. The normalized spacial score (nSPS) is 20.9. The number of hydrogen-bond donors (Lipinski definition) is 0. The molecule has 0 aliphatic carbocycles. The molecule has 2 fully saturated rings. The van der Waals surface area contributed by atoms with Crippen LogP contribution in [0.5, 0.6) is 0 Å². The predicted molar refractivity (Wildman–Crippen MR) is 143 cm³/mol. The van der Waals surface area contributed by atoms with Gasteiger partial charge in [0.05, 0.1) is 34.4 Å². The van der Waals surface area contributed by atoms with Gasteiger partial charge in [-0.2, -0.15) is 0 Å². The van der Waals surface area contributed by atoms with Gasteiger partial charge in [-0.25, -0.2) is 0 Å². The minimum absolute atomic E-state index is 0.290. The Morgan fingerprint density at radius 3 is 1.71 bits per heavy atom. The van der Waals surface area contributed by atoms with Gasteiger partial charge >= 0.3 is 14.2 Å². The van der Waals surface area contributed by atoms with Gasteiger partial charge in [0.1, 0.15) is 0 Å². The topological polar surface area (TPSA) is 41.9 Å². The SMILES string of the molecule is CC1(C)COB(c2ccc3c(c2)c2cc(B4OC(C)(C)C(C)(C)O4)ccc2n3-c2ccccc2)O1. The van der Waals surface area contributed by atoms with Gasteiger partial charge in [-0.05, 0) is 76.7 Å². The molecule has 3 aromatic carbocycles. The van der Waals surface area contributed by atoms with Crippen LogP contribution in [0.15, 0.2) is 66.7 Å². The third-order valence-corrected chi connectivity index (χ3v) is 7.63. The predicted octanol–water partition coefficient (Wildman–Crippen LogP) is 4.60. The molecule has 35 heavy (non-hydrogen) atoms. The second-order valence-corrected chi connectivity index (χ2v) is 11.3. The lowest BCUT2D eigenvalue weighted by Gasteiger charge is -2.32. The van der Waals surface area contributed by atoms with Gasteiger partial charge in [-0.3, -0.25) is 0 Å². The van der Waals surface area contributed by atoms with Crippen molar-refractivity contribution in [3.63, 3.8) is 0 Å². The Morgan fingerprint density at radius 1 is 0.657 bits per heavy atom. The molecule has 0 saturated carbocycles. The van der Waals surface area contributed by atoms with Crippen LogP contribution in [0.3, 0.4) is 0 Å². The summed E-state index contributed by atoms with van der Waals surface area (Å²) in [4.78, 5) is 0. The Kier molecular flexibility index (Phi) is 5.04. The van der Waals surface area contributed by atoms with E-state index < -0.39 is 7.12 Å². The summed E-state index contributed by atoms with van der Waals surface area (Å²) in [5.41, 5.74) is 4.37. The van der Waals surface area contributed by atoms with Crippen LogP contribution in [0, 0.1) is 0 Å². The van der Waals surface area contributed by atoms with Crippen molar-refractivity contribution in [3.8, 4) is 5.69 Å². The molecule has 5 nitrogen and oxygen atoms in total. The molecule has 2 saturated heterocycles. The van der Waals surface area contributed by atoms with Crippen LogP contribution < -0.4 is 10.9 Å². The summed E-state index contributed by atoms with van der Waals surface area (Å²) in [6.07, 6.45) is 0. The van der Waals surface area contributed by atoms with E-state index in [-0.39, 0.29) is 23.9 Å². The lowest BCUT2D eigenvalue weighted by molar-refractivity contribution is 0.00578. The van der Waals surface area contributed by atoms with Crippen molar-refractivity contribution in [1.29, 1.82) is 0 Å². The molecule has 178 valence electrons. The first-order chi connectivity index (χ1) is 16.5. The summed E-state index contributed by atoms with van der Waals surface area (Å²) in [7, 11) is -0.777. The zero-order valence-electron chi connectivity index (χ0n) is 21.3. The number of fused-ring (bicyclic) bond motifs is 3. The largest absolute Gasteiger partial charge is 0.494 e. The van der Waals surface area contributed by atoms with Gasteiger partial charge < -0.3 is 23.2 Å². The summed E-state index contributed by atoms with van der Waals surface area (Å²) in [5, 5.41) is 2.30. The molecule has 0 unspecified atom stereocenters. The summed E-state index contributed by atoms with van der Waals surface area (Å²) in [6.45, 7) is 13.0. The summed E-state index contributed by atoms with van der Waals surface area (Å²) < 4.78 is 27.2. The van der Waals surface area contributed by atoms with Crippen molar-refractivity contribution in [2.75, 3.05) is 6.61 Å². The molecule has 2 aliphatic heterocycles. The van der Waals surface area contributed by atoms with Gasteiger partial charge in [-0.15, -0.1) is 0 Å². The zero-order chi connectivity index (χ0) is 24.6.